The molecule has 1 amide bonds. The minimum absolute atomic E-state index is 0.0392. The van der Waals surface area contributed by atoms with Crippen LogP contribution < -0.4 is 0 Å². The number of ether oxygens (including phenoxy) is 1. The average Bonchev–Trinajstić information content (AvgIpc) is 2.75. The van der Waals surface area contributed by atoms with Crippen LogP contribution in [-0.4, -0.2) is 28.7 Å². The van der Waals surface area contributed by atoms with Crippen molar-refractivity contribution in [2.24, 2.45) is 17.3 Å². The SMILES string of the molecule is C[C@@]12CCC[C@H]3[C@H]1[C@@](C)(CCC2)N1C(=O)OC[C@]31C. The van der Waals surface area contributed by atoms with Crippen molar-refractivity contribution in [1.82, 2.24) is 4.90 Å². The maximum atomic E-state index is 12.3. The van der Waals surface area contributed by atoms with Gasteiger partial charge in [0, 0.05) is 5.54 Å². The van der Waals surface area contributed by atoms with Gasteiger partial charge in [0.25, 0.3) is 0 Å². The molecule has 0 bridgehead atoms. The summed E-state index contributed by atoms with van der Waals surface area (Å²) in [5.41, 5.74) is 0.451. The molecule has 3 heteroatoms. The topological polar surface area (TPSA) is 29.5 Å². The van der Waals surface area contributed by atoms with Gasteiger partial charge in [-0.25, -0.2) is 4.79 Å². The molecule has 0 spiro atoms. The summed E-state index contributed by atoms with van der Waals surface area (Å²) in [6.45, 7) is 7.71. The van der Waals surface area contributed by atoms with Crippen LogP contribution >= 0.6 is 0 Å². The van der Waals surface area contributed by atoms with Gasteiger partial charge in [-0.15, -0.1) is 0 Å². The molecule has 2 aliphatic carbocycles. The molecule has 19 heavy (non-hydrogen) atoms. The van der Waals surface area contributed by atoms with Crippen LogP contribution in [0.25, 0.3) is 0 Å². The number of amides is 1. The molecule has 2 heterocycles. The van der Waals surface area contributed by atoms with Gasteiger partial charge in [0.2, 0.25) is 0 Å². The molecule has 0 aromatic heterocycles. The van der Waals surface area contributed by atoms with E-state index in [1.807, 2.05) is 0 Å². The summed E-state index contributed by atoms with van der Waals surface area (Å²) in [6.07, 6.45) is 7.67. The molecule has 0 aromatic carbocycles. The highest BCUT2D eigenvalue weighted by molar-refractivity contribution is 5.73. The monoisotopic (exact) mass is 263 g/mol. The molecular weight excluding hydrogens is 238 g/mol. The Balaban J connectivity index is 1.89. The Morgan fingerprint density at radius 3 is 2.63 bits per heavy atom. The van der Waals surface area contributed by atoms with Crippen molar-refractivity contribution in [3.8, 4) is 0 Å². The first-order valence-corrected chi connectivity index (χ1v) is 7.89. The number of rotatable bonds is 0. The van der Waals surface area contributed by atoms with Crippen LogP contribution in [0.15, 0.2) is 0 Å². The second-order valence-corrected chi connectivity index (χ2v) is 8.09. The molecule has 5 atom stereocenters. The van der Waals surface area contributed by atoms with E-state index in [1.165, 1.54) is 32.1 Å². The van der Waals surface area contributed by atoms with E-state index in [2.05, 4.69) is 25.7 Å². The van der Waals surface area contributed by atoms with Gasteiger partial charge in [-0.1, -0.05) is 19.8 Å². The van der Waals surface area contributed by atoms with E-state index in [0.717, 1.165) is 6.42 Å². The first-order valence-electron chi connectivity index (χ1n) is 7.89. The van der Waals surface area contributed by atoms with Crippen LogP contribution in [0.4, 0.5) is 4.79 Å². The van der Waals surface area contributed by atoms with E-state index in [-0.39, 0.29) is 17.2 Å². The highest BCUT2D eigenvalue weighted by atomic mass is 16.6. The number of cyclic esters (lactones) is 1. The van der Waals surface area contributed by atoms with Gasteiger partial charge in [0.05, 0.1) is 5.54 Å². The van der Waals surface area contributed by atoms with Crippen molar-refractivity contribution >= 4 is 6.09 Å². The van der Waals surface area contributed by atoms with E-state index in [9.17, 15) is 4.79 Å². The van der Waals surface area contributed by atoms with Crippen LogP contribution in [0.3, 0.4) is 0 Å². The minimum atomic E-state index is -0.0522. The lowest BCUT2D eigenvalue weighted by molar-refractivity contribution is -0.0336. The number of nitrogens with zero attached hydrogens (tertiary/aromatic N) is 1. The predicted octanol–water partition coefficient (Wildman–Crippen LogP) is 3.58. The molecular formula is C16H25NO2. The van der Waals surface area contributed by atoms with Gasteiger partial charge in [-0.3, -0.25) is 4.90 Å². The summed E-state index contributed by atoms with van der Waals surface area (Å²) < 4.78 is 5.45. The summed E-state index contributed by atoms with van der Waals surface area (Å²) in [6, 6.07) is 0. The highest BCUT2D eigenvalue weighted by Crippen LogP contribution is 2.67. The molecule has 106 valence electrons. The average molecular weight is 263 g/mol. The van der Waals surface area contributed by atoms with Gasteiger partial charge in [0.1, 0.15) is 6.61 Å². The Hall–Kier alpha value is -0.730. The summed E-state index contributed by atoms with van der Waals surface area (Å²) in [5, 5.41) is 0. The van der Waals surface area contributed by atoms with E-state index >= 15 is 0 Å². The third-order valence-corrected chi connectivity index (χ3v) is 7.01. The Labute approximate surface area is 115 Å². The van der Waals surface area contributed by atoms with Crippen LogP contribution in [0.5, 0.6) is 0 Å². The van der Waals surface area contributed by atoms with E-state index < -0.39 is 0 Å². The smallest absolute Gasteiger partial charge is 0.410 e. The fourth-order valence-electron chi connectivity index (χ4n) is 6.54. The van der Waals surface area contributed by atoms with Crippen molar-refractivity contribution in [3.63, 3.8) is 0 Å². The molecule has 4 rings (SSSR count). The molecule has 2 saturated heterocycles. The summed E-state index contributed by atoms with van der Waals surface area (Å²) in [7, 11) is 0. The minimum Gasteiger partial charge on any atom is -0.447 e. The van der Waals surface area contributed by atoms with Crippen LogP contribution in [0, 0.1) is 17.3 Å². The maximum Gasteiger partial charge on any atom is 0.410 e. The van der Waals surface area contributed by atoms with Crippen molar-refractivity contribution in [3.05, 3.63) is 0 Å². The summed E-state index contributed by atoms with van der Waals surface area (Å²) >= 11 is 0. The van der Waals surface area contributed by atoms with Gasteiger partial charge in [0.15, 0.2) is 0 Å². The molecule has 0 radical (unpaired) electrons. The molecule has 0 unspecified atom stereocenters. The molecule has 0 aromatic rings. The second kappa shape index (κ2) is 3.29. The fraction of sp³-hybridized carbons (Fsp3) is 0.938. The van der Waals surface area contributed by atoms with Crippen molar-refractivity contribution in [2.45, 2.75) is 70.4 Å². The molecule has 2 aliphatic heterocycles. The van der Waals surface area contributed by atoms with Crippen molar-refractivity contribution in [2.75, 3.05) is 6.61 Å². The highest BCUT2D eigenvalue weighted by Gasteiger charge is 2.71. The lowest BCUT2D eigenvalue weighted by Gasteiger charge is -2.54. The van der Waals surface area contributed by atoms with E-state index in [1.54, 1.807) is 0 Å². The molecule has 3 nitrogen and oxygen atoms in total. The lowest BCUT2D eigenvalue weighted by Crippen LogP contribution is -2.56. The third-order valence-electron chi connectivity index (χ3n) is 7.01. The fourth-order valence-corrected chi connectivity index (χ4v) is 6.54. The zero-order chi connectivity index (χ0) is 13.5. The number of carbonyl (C=O) groups is 1. The van der Waals surface area contributed by atoms with E-state index in [0.29, 0.717) is 23.9 Å². The first kappa shape index (κ1) is 12.0. The normalized spacial score (nSPS) is 55.7. The molecule has 4 aliphatic rings. The van der Waals surface area contributed by atoms with Gasteiger partial charge in [-0.2, -0.15) is 0 Å². The maximum absolute atomic E-state index is 12.3. The van der Waals surface area contributed by atoms with Crippen molar-refractivity contribution < 1.29 is 9.53 Å². The number of hydrogen-bond acceptors (Lipinski definition) is 2. The van der Waals surface area contributed by atoms with E-state index in [4.69, 9.17) is 4.74 Å². The standard InChI is InChI=1S/C16H25NO2/c1-14-7-4-6-11-12(14)15(2,9-5-8-14)17-13(18)19-10-16(11,17)3/h11-12H,4-10H2,1-3H3/t11-,12+,14-,15+,16+/m0/s1. The molecule has 2 saturated carbocycles. The zero-order valence-electron chi connectivity index (χ0n) is 12.4. The van der Waals surface area contributed by atoms with Gasteiger partial charge < -0.3 is 4.74 Å². The molecule has 0 N–H and O–H groups in total. The summed E-state index contributed by atoms with van der Waals surface area (Å²) in [5.74, 6) is 1.32. The second-order valence-electron chi connectivity index (χ2n) is 8.09. The van der Waals surface area contributed by atoms with Crippen LogP contribution in [0.2, 0.25) is 0 Å². The number of carbonyl (C=O) groups excluding carboxylic acids is 1. The quantitative estimate of drug-likeness (QED) is 0.668. The predicted molar refractivity (Wildman–Crippen MR) is 72.8 cm³/mol. The van der Waals surface area contributed by atoms with Gasteiger partial charge in [-0.05, 0) is 56.8 Å². The Kier molecular flexibility index (Phi) is 2.09. The summed E-state index contributed by atoms with van der Waals surface area (Å²) in [4.78, 5) is 14.5. The first-order chi connectivity index (χ1) is 8.92. The van der Waals surface area contributed by atoms with Crippen molar-refractivity contribution in [1.29, 1.82) is 0 Å². The number of hydrogen-bond donors (Lipinski definition) is 0. The molecule has 4 fully saturated rings. The Morgan fingerprint density at radius 2 is 1.84 bits per heavy atom. The van der Waals surface area contributed by atoms with Crippen LogP contribution in [0.1, 0.15) is 59.3 Å². The Morgan fingerprint density at radius 1 is 1.11 bits per heavy atom. The third kappa shape index (κ3) is 1.19. The van der Waals surface area contributed by atoms with Gasteiger partial charge >= 0.3 is 6.09 Å². The van der Waals surface area contributed by atoms with Crippen LogP contribution in [-0.2, 0) is 4.74 Å². The zero-order valence-corrected chi connectivity index (χ0v) is 12.4. The lowest BCUT2D eigenvalue weighted by atomic mass is 9.51. The largest absolute Gasteiger partial charge is 0.447 e. The Bertz CT molecular complexity index is 446. The number of fused-ring (bicyclic) bond motifs is 3.